The number of amides is 1. The van der Waals surface area contributed by atoms with Gasteiger partial charge in [-0.2, -0.15) is 0 Å². The monoisotopic (exact) mass is 1330 g/mol. The zero-order valence-electron chi connectivity index (χ0n) is 57.1. The molecule has 19 nitrogen and oxygen atoms in total. The molecule has 19 heteroatoms. The Hall–Kier alpha value is -3.55. The quantitative estimate of drug-likeness (QED) is 0.0199. The van der Waals surface area contributed by atoms with E-state index < -0.39 is 124 Å². The summed E-state index contributed by atoms with van der Waals surface area (Å²) in [6, 6.07) is -1.00. The van der Waals surface area contributed by atoms with E-state index in [0.717, 1.165) is 96.3 Å². The fourth-order valence-electron chi connectivity index (χ4n) is 11.5. The summed E-state index contributed by atoms with van der Waals surface area (Å²) in [5, 5.41) is 120. The average Bonchev–Trinajstić information content (AvgIpc) is 0.787. The van der Waals surface area contributed by atoms with Gasteiger partial charge in [-0.05, 0) is 96.3 Å². The maximum absolute atomic E-state index is 13.4. The third-order valence-electron chi connectivity index (χ3n) is 17.3. The lowest BCUT2D eigenvalue weighted by molar-refractivity contribution is -0.379. The first-order valence-corrected chi connectivity index (χ1v) is 36.1. The molecule has 0 aliphatic carbocycles. The highest BCUT2D eigenvalue weighted by molar-refractivity contribution is 5.76. The molecule has 12 N–H and O–H groups in total. The maximum atomic E-state index is 13.4. The molecule has 0 radical (unpaired) electrons. The second-order valence-electron chi connectivity index (χ2n) is 25.3. The van der Waals surface area contributed by atoms with Gasteiger partial charge in [-0.25, -0.2) is 0 Å². The van der Waals surface area contributed by atoms with Gasteiger partial charge in [0, 0.05) is 6.42 Å². The van der Waals surface area contributed by atoms with Crippen LogP contribution in [0.4, 0.5) is 0 Å². The van der Waals surface area contributed by atoms with Gasteiger partial charge < -0.3 is 89.9 Å². The summed E-state index contributed by atoms with van der Waals surface area (Å²) in [5.74, 6) is -0.294. The van der Waals surface area contributed by atoms with E-state index in [4.69, 9.17) is 28.4 Å². The van der Waals surface area contributed by atoms with Gasteiger partial charge in [0.2, 0.25) is 5.91 Å². The maximum Gasteiger partial charge on any atom is 0.220 e. The van der Waals surface area contributed by atoms with Crippen molar-refractivity contribution in [1.82, 2.24) is 5.32 Å². The molecule has 540 valence electrons. The molecule has 0 spiro atoms. The molecule has 0 aromatic carbocycles. The summed E-state index contributed by atoms with van der Waals surface area (Å²) in [6.07, 6.45) is 47.8. The first-order valence-electron chi connectivity index (χ1n) is 36.1. The van der Waals surface area contributed by atoms with Gasteiger partial charge in [0.25, 0.3) is 0 Å². The largest absolute Gasteiger partial charge is 0.394 e. The average molecular weight is 1330 g/mol. The van der Waals surface area contributed by atoms with Crippen LogP contribution in [0.2, 0.25) is 0 Å². The molecule has 17 atom stereocenters. The highest BCUT2D eigenvalue weighted by Gasteiger charge is 2.53. The molecule has 3 aliphatic rings. The summed E-state index contributed by atoms with van der Waals surface area (Å²) in [7, 11) is 0. The predicted octanol–water partition coefficient (Wildman–Crippen LogP) is 10.2. The van der Waals surface area contributed by atoms with Crippen LogP contribution in [0.25, 0.3) is 0 Å². The number of hydrogen-bond donors (Lipinski definition) is 12. The number of hydrogen-bond acceptors (Lipinski definition) is 18. The van der Waals surface area contributed by atoms with Crippen molar-refractivity contribution in [3.05, 3.63) is 109 Å². The van der Waals surface area contributed by atoms with Crippen molar-refractivity contribution in [2.45, 2.75) is 330 Å². The van der Waals surface area contributed by atoms with E-state index in [9.17, 15) is 61.0 Å². The number of ether oxygens (including phenoxy) is 6. The molecule has 3 saturated heterocycles. The highest BCUT2D eigenvalue weighted by Crippen LogP contribution is 2.33. The SMILES string of the molecule is CC/C=C\C/C=C\C/C=C\C/C=C\C/C=C\C/C=C\CCCCCCCCCCCCCCCCC(=O)NC(COC1OC(CO)C(OC2OC(CO)C(OC3OC(CO)C(O)C(O)C3O)C(O)C2O)C(O)C1O)C(O)/C=C/CC/C=C/CC/C=C/CCCCCCCC. The molecule has 3 aliphatic heterocycles. The second-order valence-corrected chi connectivity index (χ2v) is 25.3. The van der Waals surface area contributed by atoms with Crippen molar-refractivity contribution in [3.63, 3.8) is 0 Å². The molecule has 0 saturated carbocycles. The van der Waals surface area contributed by atoms with Gasteiger partial charge in [-0.3, -0.25) is 4.79 Å². The lowest BCUT2D eigenvalue weighted by atomic mass is 9.96. The van der Waals surface area contributed by atoms with Crippen LogP contribution in [0.5, 0.6) is 0 Å². The number of aliphatic hydroxyl groups is 11. The van der Waals surface area contributed by atoms with Crippen molar-refractivity contribution in [2.24, 2.45) is 0 Å². The number of carbonyl (C=O) groups excluding carboxylic acids is 1. The van der Waals surface area contributed by atoms with Crippen LogP contribution in [-0.4, -0.2) is 193 Å². The molecule has 0 aromatic heterocycles. The summed E-state index contributed by atoms with van der Waals surface area (Å²) >= 11 is 0. The molecule has 1 amide bonds. The Balaban J connectivity index is 1.39. The highest BCUT2D eigenvalue weighted by atomic mass is 16.8. The number of aliphatic hydroxyl groups excluding tert-OH is 11. The Labute approximate surface area is 564 Å². The minimum atomic E-state index is -1.99. The molecular weight excluding hydrogens is 1200 g/mol. The summed E-state index contributed by atoms with van der Waals surface area (Å²) in [5.41, 5.74) is 0. The molecule has 0 aromatic rings. The Morgan fingerprint density at radius 1 is 0.394 bits per heavy atom. The van der Waals surface area contributed by atoms with E-state index in [1.165, 1.54) is 96.3 Å². The molecule has 17 unspecified atom stereocenters. The minimum absolute atomic E-state index is 0.225. The van der Waals surface area contributed by atoms with Crippen LogP contribution < -0.4 is 5.32 Å². The Bertz CT molecular complexity index is 2130. The van der Waals surface area contributed by atoms with E-state index in [-0.39, 0.29) is 18.9 Å². The Kier molecular flexibility index (Phi) is 49.9. The lowest BCUT2D eigenvalue weighted by Crippen LogP contribution is -2.66. The molecule has 94 heavy (non-hydrogen) atoms. The van der Waals surface area contributed by atoms with Gasteiger partial charge in [0.15, 0.2) is 18.9 Å². The van der Waals surface area contributed by atoms with Gasteiger partial charge in [0.1, 0.15) is 73.2 Å². The first kappa shape index (κ1) is 84.7. The van der Waals surface area contributed by atoms with Crippen molar-refractivity contribution in [1.29, 1.82) is 0 Å². The Morgan fingerprint density at radius 2 is 0.745 bits per heavy atom. The number of unbranched alkanes of at least 4 members (excludes halogenated alkanes) is 22. The van der Waals surface area contributed by atoms with Crippen LogP contribution >= 0.6 is 0 Å². The molecule has 3 heterocycles. The Morgan fingerprint density at radius 3 is 1.19 bits per heavy atom. The molecule has 3 fully saturated rings. The lowest BCUT2D eigenvalue weighted by Gasteiger charge is -2.48. The summed E-state index contributed by atoms with van der Waals surface area (Å²) in [4.78, 5) is 13.4. The van der Waals surface area contributed by atoms with Crippen LogP contribution in [0.15, 0.2) is 109 Å². The zero-order valence-corrected chi connectivity index (χ0v) is 57.1. The standard InChI is InChI=1S/C75H127NO18/c1-3-5-7-9-11-13-15-17-19-21-22-23-24-25-26-27-28-29-30-31-32-33-34-35-36-37-39-41-43-45-47-49-51-53-63(81)76-58(59(80)52-50-48-46-44-42-40-38-20-18-16-14-12-10-8-6-4-2)57-89-73-69(87)66(84)71(61(55-78)91-73)94-75-70(88)67(85)72(62(56-79)92-75)93-74-68(86)65(83)64(82)60(54-77)90-74/h5,7,11,13,17-20,22-23,25-26,28-29,42,44,50,52,58-62,64-75,77-80,82-88H,3-4,6,8-10,12,14-16,21,24,27,30-41,43,45-49,51,53-57H2,1-2H3,(H,76,81)/b7-5-,13-11-,19-17-,20-18+,23-22-,26-25-,29-28-,44-42+,52-50+. The van der Waals surface area contributed by atoms with Crippen LogP contribution in [0.3, 0.4) is 0 Å². The van der Waals surface area contributed by atoms with Crippen LogP contribution in [0.1, 0.15) is 226 Å². The molecule has 0 bridgehead atoms. The summed E-state index contributed by atoms with van der Waals surface area (Å²) < 4.78 is 34.3. The third-order valence-corrected chi connectivity index (χ3v) is 17.3. The number of carbonyl (C=O) groups is 1. The number of nitrogens with one attached hydrogen (secondary N) is 1. The van der Waals surface area contributed by atoms with Gasteiger partial charge in [-0.15, -0.1) is 0 Å². The second kappa shape index (κ2) is 55.3. The normalized spacial score (nSPS) is 28.0. The fraction of sp³-hybridized carbons (Fsp3) is 0.747. The molecular formula is C75H127NO18. The fourth-order valence-corrected chi connectivity index (χ4v) is 11.5. The third kappa shape index (κ3) is 36.3. The number of rotatable bonds is 54. The minimum Gasteiger partial charge on any atom is -0.394 e. The van der Waals surface area contributed by atoms with Crippen LogP contribution in [-0.2, 0) is 33.2 Å². The first-order chi connectivity index (χ1) is 45.8. The predicted molar refractivity (Wildman–Crippen MR) is 369 cm³/mol. The number of allylic oxidation sites excluding steroid dienone is 17. The van der Waals surface area contributed by atoms with Crippen molar-refractivity contribution < 1.29 is 89.4 Å². The van der Waals surface area contributed by atoms with Crippen molar-refractivity contribution in [2.75, 3.05) is 26.4 Å². The van der Waals surface area contributed by atoms with E-state index >= 15 is 0 Å². The summed E-state index contributed by atoms with van der Waals surface area (Å²) in [6.45, 7) is 1.57. The van der Waals surface area contributed by atoms with E-state index in [0.29, 0.717) is 12.8 Å². The van der Waals surface area contributed by atoms with Crippen molar-refractivity contribution >= 4 is 5.91 Å². The van der Waals surface area contributed by atoms with Gasteiger partial charge in [-0.1, -0.05) is 232 Å². The zero-order chi connectivity index (χ0) is 68.2. The van der Waals surface area contributed by atoms with Crippen LogP contribution in [0, 0.1) is 0 Å². The van der Waals surface area contributed by atoms with Crippen molar-refractivity contribution in [3.8, 4) is 0 Å². The smallest absolute Gasteiger partial charge is 0.220 e. The topological polar surface area (TPSA) is 307 Å². The molecule has 3 rings (SSSR count). The van der Waals surface area contributed by atoms with Gasteiger partial charge >= 0.3 is 0 Å². The van der Waals surface area contributed by atoms with E-state index in [2.05, 4.69) is 116 Å². The van der Waals surface area contributed by atoms with E-state index in [1.54, 1.807) is 6.08 Å². The van der Waals surface area contributed by atoms with Gasteiger partial charge in [0.05, 0.1) is 38.6 Å². The van der Waals surface area contributed by atoms with E-state index in [1.807, 2.05) is 6.08 Å².